The Hall–Kier alpha value is -2.30. The first-order valence-corrected chi connectivity index (χ1v) is 5.59. The van der Waals surface area contributed by atoms with E-state index < -0.39 is 5.63 Å². The quantitative estimate of drug-likeness (QED) is 0.759. The second kappa shape index (κ2) is 3.87. The summed E-state index contributed by atoms with van der Waals surface area (Å²) in [4.78, 5) is 23.4. The first kappa shape index (κ1) is 10.8. The predicted molar refractivity (Wildman–Crippen MR) is 63.2 cm³/mol. The van der Waals surface area contributed by atoms with Crippen molar-refractivity contribution in [3.05, 3.63) is 34.4 Å². The van der Waals surface area contributed by atoms with Crippen LogP contribution in [0.1, 0.15) is 23.9 Å². The first-order chi connectivity index (χ1) is 8.69. The van der Waals surface area contributed by atoms with E-state index >= 15 is 0 Å². The van der Waals surface area contributed by atoms with Gasteiger partial charge in [0.2, 0.25) is 6.79 Å². The summed E-state index contributed by atoms with van der Waals surface area (Å²) < 4.78 is 15.4. The molecule has 1 aromatic carbocycles. The molecule has 0 N–H and O–H groups in total. The lowest BCUT2D eigenvalue weighted by Gasteiger charge is -2.02. The Bertz CT molecular complexity index is 698. The second-order valence-electron chi connectivity index (χ2n) is 3.97. The summed E-state index contributed by atoms with van der Waals surface area (Å²) in [6, 6.07) is 4.81. The van der Waals surface area contributed by atoms with E-state index in [9.17, 15) is 9.59 Å². The number of benzene rings is 1. The van der Waals surface area contributed by atoms with Gasteiger partial charge in [0.15, 0.2) is 23.0 Å². The fraction of sp³-hybridized carbons (Fsp3) is 0.231. The topological polar surface area (TPSA) is 65.7 Å². The van der Waals surface area contributed by atoms with Crippen molar-refractivity contribution in [2.45, 2.75) is 13.3 Å². The first-order valence-electron chi connectivity index (χ1n) is 5.59. The summed E-state index contributed by atoms with van der Waals surface area (Å²) >= 11 is 0. The molecule has 2 aromatic rings. The highest BCUT2D eigenvalue weighted by atomic mass is 16.7. The van der Waals surface area contributed by atoms with Crippen LogP contribution in [-0.4, -0.2) is 12.6 Å². The molecule has 1 aliphatic rings. The van der Waals surface area contributed by atoms with Crippen LogP contribution in [0.3, 0.4) is 0 Å². The van der Waals surface area contributed by atoms with Crippen LogP contribution in [0.2, 0.25) is 0 Å². The Morgan fingerprint density at radius 3 is 2.67 bits per heavy atom. The fourth-order valence-electron chi connectivity index (χ4n) is 1.89. The SMILES string of the molecule is CCC(=O)c1cc2cc3c(cc2c(=O)o1)OCO3. The zero-order chi connectivity index (χ0) is 12.7. The molecule has 1 aliphatic heterocycles. The highest BCUT2D eigenvalue weighted by molar-refractivity contribution is 5.97. The fourth-order valence-corrected chi connectivity index (χ4v) is 1.89. The molecule has 0 atom stereocenters. The average molecular weight is 246 g/mol. The number of ether oxygens (including phenoxy) is 2. The third-order valence-corrected chi connectivity index (χ3v) is 2.85. The van der Waals surface area contributed by atoms with E-state index in [1.807, 2.05) is 0 Å². The summed E-state index contributed by atoms with van der Waals surface area (Å²) in [5.41, 5.74) is -0.539. The summed E-state index contributed by atoms with van der Waals surface area (Å²) in [6.07, 6.45) is 0.291. The monoisotopic (exact) mass is 246 g/mol. The molecule has 5 heteroatoms. The van der Waals surface area contributed by atoms with Crippen LogP contribution >= 0.6 is 0 Å². The van der Waals surface area contributed by atoms with Crippen LogP contribution < -0.4 is 15.1 Å². The molecule has 0 spiro atoms. The van der Waals surface area contributed by atoms with Crippen molar-refractivity contribution in [1.82, 2.24) is 0 Å². The molecule has 1 aromatic heterocycles. The highest BCUT2D eigenvalue weighted by Crippen LogP contribution is 2.35. The number of carbonyl (C=O) groups excluding carboxylic acids is 1. The van der Waals surface area contributed by atoms with Gasteiger partial charge >= 0.3 is 5.63 Å². The Kier molecular flexibility index (Phi) is 2.33. The summed E-state index contributed by atoms with van der Waals surface area (Å²) in [7, 11) is 0. The summed E-state index contributed by atoms with van der Waals surface area (Å²) in [6.45, 7) is 1.85. The van der Waals surface area contributed by atoms with Crippen LogP contribution in [0.15, 0.2) is 27.4 Å². The zero-order valence-corrected chi connectivity index (χ0v) is 9.69. The van der Waals surface area contributed by atoms with Crippen molar-refractivity contribution in [2.75, 3.05) is 6.79 Å². The van der Waals surface area contributed by atoms with Crippen LogP contribution in [0.4, 0.5) is 0 Å². The van der Waals surface area contributed by atoms with Gasteiger partial charge in [0.1, 0.15) is 0 Å². The zero-order valence-electron chi connectivity index (χ0n) is 9.69. The molecule has 5 nitrogen and oxygen atoms in total. The van der Waals surface area contributed by atoms with Gasteiger partial charge in [-0.15, -0.1) is 0 Å². The molecular weight excluding hydrogens is 236 g/mol. The molecule has 92 valence electrons. The van der Waals surface area contributed by atoms with Crippen LogP contribution in [0.25, 0.3) is 10.8 Å². The van der Waals surface area contributed by atoms with Crippen LogP contribution in [0.5, 0.6) is 11.5 Å². The molecule has 3 rings (SSSR count). The molecule has 0 radical (unpaired) electrons. The minimum Gasteiger partial charge on any atom is -0.454 e. The van der Waals surface area contributed by atoms with Gasteiger partial charge in [-0.1, -0.05) is 6.92 Å². The predicted octanol–water partition coefficient (Wildman–Crippen LogP) is 2.11. The van der Waals surface area contributed by atoms with E-state index in [0.717, 1.165) is 0 Å². The number of ketones is 1. The molecule has 0 unspecified atom stereocenters. The summed E-state index contributed by atoms with van der Waals surface area (Å²) in [5.74, 6) is 0.966. The van der Waals surface area contributed by atoms with Crippen molar-refractivity contribution in [1.29, 1.82) is 0 Å². The van der Waals surface area contributed by atoms with Crippen molar-refractivity contribution < 1.29 is 18.7 Å². The third kappa shape index (κ3) is 1.55. The lowest BCUT2D eigenvalue weighted by molar-refractivity contribution is 0.0957. The number of carbonyl (C=O) groups is 1. The standard InChI is InChI=1S/C13H10O5/c1-2-9(14)10-3-7-4-11-12(17-6-16-11)5-8(7)13(15)18-10/h3-5H,2,6H2,1H3. The van der Waals surface area contributed by atoms with E-state index in [2.05, 4.69) is 0 Å². The van der Waals surface area contributed by atoms with E-state index in [-0.39, 0.29) is 18.3 Å². The maximum absolute atomic E-state index is 11.8. The Morgan fingerprint density at radius 1 is 1.22 bits per heavy atom. The third-order valence-electron chi connectivity index (χ3n) is 2.85. The molecule has 0 fully saturated rings. The van der Waals surface area contributed by atoms with Gasteiger partial charge in [-0.25, -0.2) is 4.79 Å². The lowest BCUT2D eigenvalue weighted by atomic mass is 10.1. The minimum absolute atomic E-state index is 0.0777. The van der Waals surface area contributed by atoms with E-state index in [4.69, 9.17) is 13.9 Å². The van der Waals surface area contributed by atoms with E-state index in [0.29, 0.717) is 28.7 Å². The van der Waals surface area contributed by atoms with Crippen molar-refractivity contribution in [3.63, 3.8) is 0 Å². The molecule has 0 saturated heterocycles. The van der Waals surface area contributed by atoms with Gasteiger partial charge in [-0.2, -0.15) is 0 Å². The summed E-state index contributed by atoms with van der Waals surface area (Å²) in [5, 5.41) is 0.999. The number of rotatable bonds is 2. The number of hydrogen-bond acceptors (Lipinski definition) is 5. The number of hydrogen-bond donors (Lipinski definition) is 0. The minimum atomic E-state index is -0.539. The van der Waals surface area contributed by atoms with Crippen LogP contribution in [0, 0.1) is 0 Å². The maximum Gasteiger partial charge on any atom is 0.344 e. The molecule has 0 amide bonds. The van der Waals surface area contributed by atoms with Gasteiger partial charge < -0.3 is 13.9 Å². The lowest BCUT2D eigenvalue weighted by Crippen LogP contribution is -2.06. The van der Waals surface area contributed by atoms with Crippen molar-refractivity contribution >= 4 is 16.6 Å². The van der Waals surface area contributed by atoms with Gasteiger partial charge in [0.05, 0.1) is 5.39 Å². The molecule has 0 aliphatic carbocycles. The smallest absolute Gasteiger partial charge is 0.344 e. The Morgan fingerprint density at radius 2 is 1.94 bits per heavy atom. The van der Waals surface area contributed by atoms with Crippen LogP contribution in [-0.2, 0) is 0 Å². The van der Waals surface area contributed by atoms with Gasteiger partial charge in [-0.05, 0) is 23.6 Å². The van der Waals surface area contributed by atoms with Gasteiger partial charge in [-0.3, -0.25) is 4.79 Å². The molecule has 0 saturated carbocycles. The normalized spacial score (nSPS) is 12.9. The number of fused-ring (bicyclic) bond motifs is 2. The second-order valence-corrected chi connectivity index (χ2v) is 3.97. The molecule has 0 bridgehead atoms. The largest absolute Gasteiger partial charge is 0.454 e. The highest BCUT2D eigenvalue weighted by Gasteiger charge is 2.17. The Balaban J connectivity index is 2.27. The van der Waals surface area contributed by atoms with Crippen molar-refractivity contribution in [3.8, 4) is 11.5 Å². The van der Waals surface area contributed by atoms with Gasteiger partial charge in [0.25, 0.3) is 0 Å². The molecule has 2 heterocycles. The average Bonchev–Trinajstić information content (AvgIpc) is 2.82. The van der Waals surface area contributed by atoms with E-state index in [1.54, 1.807) is 25.1 Å². The maximum atomic E-state index is 11.8. The molecule has 18 heavy (non-hydrogen) atoms. The van der Waals surface area contributed by atoms with Crippen molar-refractivity contribution in [2.24, 2.45) is 0 Å². The van der Waals surface area contributed by atoms with Gasteiger partial charge in [0, 0.05) is 6.42 Å². The Labute approximate surface area is 102 Å². The van der Waals surface area contributed by atoms with E-state index in [1.165, 1.54) is 0 Å². The molecular formula is C13H10O5. The number of Topliss-reactive ketones (excluding diaryl/α,β-unsaturated/α-hetero) is 1.